The van der Waals surface area contributed by atoms with Crippen LogP contribution in [0.25, 0.3) is 10.4 Å². The van der Waals surface area contributed by atoms with Gasteiger partial charge in [0.2, 0.25) is 0 Å². The van der Waals surface area contributed by atoms with Crippen LogP contribution in [0.4, 0.5) is 0 Å². The minimum atomic E-state index is -3.51. The van der Waals surface area contributed by atoms with Gasteiger partial charge in [0.15, 0.2) is 0 Å². The number of rotatable bonds is 6. The van der Waals surface area contributed by atoms with Gasteiger partial charge in [0, 0.05) is 23.5 Å². The number of amides is 1. The number of carbonyl (C=O) groups excluding carboxylic acids is 1. The monoisotopic (exact) mass is 470 g/mol. The Morgan fingerprint density at radius 1 is 1.00 bits per heavy atom. The number of ether oxygens (including phenoxy) is 1. The van der Waals surface area contributed by atoms with Gasteiger partial charge in [-0.1, -0.05) is 42.0 Å². The molecule has 1 aromatic heterocycles. The Bertz CT molecular complexity index is 1180. The van der Waals surface area contributed by atoms with Crippen molar-refractivity contribution in [3.8, 4) is 10.4 Å². The zero-order valence-electron chi connectivity index (χ0n) is 18.1. The van der Waals surface area contributed by atoms with Crippen molar-refractivity contribution in [2.24, 2.45) is 0 Å². The number of carbonyl (C=O) groups is 1. The van der Waals surface area contributed by atoms with E-state index < -0.39 is 10.0 Å². The molecular weight excluding hydrogens is 444 g/mol. The van der Waals surface area contributed by atoms with Crippen molar-refractivity contribution < 1.29 is 17.9 Å². The van der Waals surface area contributed by atoms with Crippen LogP contribution in [0.3, 0.4) is 0 Å². The van der Waals surface area contributed by atoms with Crippen LogP contribution in [0.15, 0.2) is 64.9 Å². The molecule has 1 atom stereocenters. The molecule has 32 heavy (non-hydrogen) atoms. The third-order valence-corrected chi connectivity index (χ3v) is 9.00. The number of nitrogens with zero attached hydrogens (tertiary/aromatic N) is 1. The molecule has 1 aliphatic rings. The highest BCUT2D eigenvalue weighted by molar-refractivity contribution is 7.91. The van der Waals surface area contributed by atoms with E-state index in [4.69, 9.17) is 4.74 Å². The van der Waals surface area contributed by atoms with Crippen molar-refractivity contribution in [1.82, 2.24) is 9.62 Å². The van der Waals surface area contributed by atoms with Crippen LogP contribution >= 0.6 is 11.3 Å². The molecule has 0 saturated carbocycles. The Morgan fingerprint density at radius 3 is 2.31 bits per heavy atom. The molecule has 1 saturated heterocycles. The van der Waals surface area contributed by atoms with Gasteiger partial charge in [-0.2, -0.15) is 4.31 Å². The summed E-state index contributed by atoms with van der Waals surface area (Å²) in [5, 5.41) is 3.02. The highest BCUT2D eigenvalue weighted by atomic mass is 32.2. The molecule has 4 rings (SSSR count). The third-order valence-electron chi connectivity index (χ3n) is 5.50. The van der Waals surface area contributed by atoms with Crippen molar-refractivity contribution in [3.63, 3.8) is 0 Å². The highest BCUT2D eigenvalue weighted by Gasteiger charge is 2.27. The summed E-state index contributed by atoms with van der Waals surface area (Å²) in [4.78, 5) is 13.5. The number of hydrogen-bond donors (Lipinski definition) is 1. The average Bonchev–Trinajstić information content (AvgIpc) is 3.31. The van der Waals surface area contributed by atoms with Crippen molar-refractivity contribution in [2.45, 2.75) is 24.1 Å². The molecule has 8 heteroatoms. The molecule has 168 valence electrons. The summed E-state index contributed by atoms with van der Waals surface area (Å²) in [5.41, 5.74) is 3.66. The van der Waals surface area contributed by atoms with Crippen LogP contribution in [-0.4, -0.2) is 44.9 Å². The molecule has 0 spiro atoms. The fourth-order valence-electron chi connectivity index (χ4n) is 3.53. The van der Waals surface area contributed by atoms with Gasteiger partial charge in [0.25, 0.3) is 15.9 Å². The smallest absolute Gasteiger partial charge is 0.252 e. The molecule has 1 aliphatic heterocycles. The molecule has 3 aromatic rings. The topological polar surface area (TPSA) is 75.7 Å². The Balaban J connectivity index is 1.44. The molecule has 1 amide bonds. The van der Waals surface area contributed by atoms with Crippen molar-refractivity contribution in [1.29, 1.82) is 0 Å². The molecule has 0 bridgehead atoms. The van der Waals surface area contributed by atoms with Crippen LogP contribution in [0.2, 0.25) is 0 Å². The van der Waals surface area contributed by atoms with Gasteiger partial charge in [0.1, 0.15) is 4.21 Å². The van der Waals surface area contributed by atoms with Crippen LogP contribution in [-0.2, 0) is 14.8 Å². The largest absolute Gasteiger partial charge is 0.379 e. The van der Waals surface area contributed by atoms with E-state index in [1.807, 2.05) is 56.3 Å². The van der Waals surface area contributed by atoms with Crippen molar-refractivity contribution >= 4 is 27.3 Å². The zero-order valence-corrected chi connectivity index (χ0v) is 19.7. The van der Waals surface area contributed by atoms with E-state index in [2.05, 4.69) is 5.32 Å². The Labute approximate surface area is 192 Å². The minimum absolute atomic E-state index is 0.104. The molecule has 1 N–H and O–H groups in total. The summed E-state index contributed by atoms with van der Waals surface area (Å²) in [6, 6.07) is 18.7. The first kappa shape index (κ1) is 22.7. The number of benzene rings is 2. The number of hydrogen-bond acceptors (Lipinski definition) is 5. The molecule has 1 fully saturated rings. The maximum Gasteiger partial charge on any atom is 0.252 e. The second-order valence-corrected chi connectivity index (χ2v) is 11.1. The van der Waals surface area contributed by atoms with Gasteiger partial charge < -0.3 is 10.1 Å². The molecule has 0 radical (unpaired) electrons. The van der Waals surface area contributed by atoms with Gasteiger partial charge in [-0.25, -0.2) is 8.42 Å². The zero-order chi connectivity index (χ0) is 22.7. The molecule has 0 aliphatic carbocycles. The number of aryl methyl sites for hydroxylation is 1. The summed E-state index contributed by atoms with van der Waals surface area (Å²) < 4.78 is 32.7. The van der Waals surface area contributed by atoms with Gasteiger partial charge in [-0.15, -0.1) is 11.3 Å². The quantitative estimate of drug-likeness (QED) is 0.585. The number of morpholine rings is 1. The lowest BCUT2D eigenvalue weighted by Crippen LogP contribution is -2.40. The van der Waals surface area contributed by atoms with E-state index in [-0.39, 0.29) is 11.9 Å². The van der Waals surface area contributed by atoms with Crippen LogP contribution in [0.5, 0.6) is 0 Å². The number of thiophene rings is 1. The molecular formula is C24H26N2O4S2. The van der Waals surface area contributed by atoms with Gasteiger partial charge in [-0.3, -0.25) is 4.79 Å². The minimum Gasteiger partial charge on any atom is -0.379 e. The predicted octanol–water partition coefficient (Wildman–Crippen LogP) is 4.24. The van der Waals surface area contributed by atoms with Gasteiger partial charge >= 0.3 is 0 Å². The van der Waals surface area contributed by atoms with Gasteiger partial charge in [-0.05, 0) is 49.2 Å². The fourth-order valence-corrected chi connectivity index (χ4v) is 6.41. The summed E-state index contributed by atoms with van der Waals surface area (Å²) in [6.07, 6.45) is 0. The van der Waals surface area contributed by atoms with E-state index in [1.165, 1.54) is 21.2 Å². The van der Waals surface area contributed by atoms with E-state index in [9.17, 15) is 13.2 Å². The van der Waals surface area contributed by atoms with Crippen molar-refractivity contribution in [2.75, 3.05) is 26.3 Å². The Morgan fingerprint density at radius 2 is 1.66 bits per heavy atom. The van der Waals surface area contributed by atoms with E-state index in [0.717, 1.165) is 16.0 Å². The Hall–Kier alpha value is -2.52. The lowest BCUT2D eigenvalue weighted by atomic mass is 10.1. The van der Waals surface area contributed by atoms with Crippen LogP contribution < -0.4 is 5.32 Å². The second-order valence-electron chi connectivity index (χ2n) is 7.82. The van der Waals surface area contributed by atoms with E-state index >= 15 is 0 Å². The average molecular weight is 471 g/mol. The molecule has 2 aromatic carbocycles. The first-order valence-corrected chi connectivity index (χ1v) is 12.8. The number of nitrogens with one attached hydrogen (secondary N) is 1. The lowest BCUT2D eigenvalue weighted by molar-refractivity contribution is 0.0731. The SMILES string of the molecule is Cc1ccc([C@@H](C)NC(=O)c2ccc(-c3ccc(S(=O)(=O)N4CCOCC4)s3)cc2)cc1. The number of sulfonamides is 1. The Kier molecular flexibility index (Phi) is 6.76. The summed E-state index contributed by atoms with van der Waals surface area (Å²) in [7, 11) is -3.51. The van der Waals surface area contributed by atoms with E-state index in [0.29, 0.717) is 36.1 Å². The molecule has 2 heterocycles. The fraction of sp³-hybridized carbons (Fsp3) is 0.292. The first-order valence-electron chi connectivity index (χ1n) is 10.5. The lowest BCUT2D eigenvalue weighted by Gasteiger charge is -2.25. The maximum atomic E-state index is 12.8. The predicted molar refractivity (Wildman–Crippen MR) is 126 cm³/mol. The standard InChI is InChI=1S/C24H26N2O4S2/c1-17-3-5-19(6-4-17)18(2)25-24(27)21-9-7-20(8-10-21)22-11-12-23(31-22)32(28,29)26-13-15-30-16-14-26/h3-12,18H,13-16H2,1-2H3,(H,25,27)/t18-/m1/s1. The first-order chi connectivity index (χ1) is 15.3. The molecule has 0 unspecified atom stereocenters. The highest BCUT2D eigenvalue weighted by Crippen LogP contribution is 2.32. The summed E-state index contributed by atoms with van der Waals surface area (Å²) in [5.74, 6) is -0.147. The summed E-state index contributed by atoms with van der Waals surface area (Å²) in [6.45, 7) is 5.58. The third kappa shape index (κ3) is 4.94. The maximum absolute atomic E-state index is 12.8. The van der Waals surface area contributed by atoms with Crippen LogP contribution in [0, 0.1) is 6.92 Å². The normalized spacial score (nSPS) is 15.9. The second kappa shape index (κ2) is 9.54. The summed E-state index contributed by atoms with van der Waals surface area (Å²) >= 11 is 1.24. The van der Waals surface area contributed by atoms with Crippen molar-refractivity contribution in [3.05, 3.63) is 77.4 Å². The van der Waals surface area contributed by atoms with Gasteiger partial charge in [0.05, 0.1) is 19.3 Å². The van der Waals surface area contributed by atoms with Crippen LogP contribution in [0.1, 0.15) is 34.5 Å². The van der Waals surface area contributed by atoms with E-state index in [1.54, 1.807) is 18.2 Å². The molecule has 6 nitrogen and oxygen atoms in total.